The maximum Gasteiger partial charge on any atom is 0.348 e. The van der Waals surface area contributed by atoms with Gasteiger partial charge in [-0.3, -0.25) is 4.79 Å². The van der Waals surface area contributed by atoms with E-state index in [2.05, 4.69) is 22.6 Å². The maximum atomic E-state index is 12.9. The molecule has 0 bridgehead atoms. The first kappa shape index (κ1) is 27.8. The van der Waals surface area contributed by atoms with E-state index in [9.17, 15) is 19.2 Å². The lowest BCUT2D eigenvalue weighted by molar-refractivity contribution is -0.141. The second-order valence-electron chi connectivity index (χ2n) is 8.82. The van der Waals surface area contributed by atoms with Crippen molar-refractivity contribution < 1.29 is 42.9 Å². The van der Waals surface area contributed by atoms with Crippen LogP contribution in [0.15, 0.2) is 85.7 Å². The first-order valence-electron chi connectivity index (χ1n) is 12.2. The van der Waals surface area contributed by atoms with Crippen molar-refractivity contribution in [1.29, 1.82) is 0 Å². The fourth-order valence-corrected chi connectivity index (χ4v) is 4.21. The van der Waals surface area contributed by atoms with Gasteiger partial charge in [0.05, 0.1) is 25.4 Å². The molecule has 0 spiro atoms. The zero-order chi connectivity index (χ0) is 28.8. The van der Waals surface area contributed by atoms with Crippen molar-refractivity contribution >= 4 is 23.9 Å². The van der Waals surface area contributed by atoms with Gasteiger partial charge in [-0.2, -0.15) is 0 Å². The molecule has 4 rings (SSSR count). The summed E-state index contributed by atoms with van der Waals surface area (Å²) < 4.78 is 25.4. The zero-order valence-corrected chi connectivity index (χ0v) is 21.9. The van der Waals surface area contributed by atoms with E-state index in [1.54, 1.807) is 48.5 Å². The van der Waals surface area contributed by atoms with E-state index in [0.717, 1.165) is 28.5 Å². The Bertz CT molecular complexity index is 1500. The van der Waals surface area contributed by atoms with Gasteiger partial charge in [-0.05, 0) is 70.8 Å². The third kappa shape index (κ3) is 6.27. The van der Waals surface area contributed by atoms with Gasteiger partial charge in [0.1, 0.15) is 17.2 Å². The number of esters is 4. The summed E-state index contributed by atoms with van der Waals surface area (Å²) in [6, 6.07) is 16.9. The highest BCUT2D eigenvalue weighted by molar-refractivity contribution is 5.95. The van der Waals surface area contributed by atoms with Gasteiger partial charge >= 0.3 is 23.9 Å². The van der Waals surface area contributed by atoms with E-state index in [4.69, 9.17) is 14.2 Å². The Kier molecular flexibility index (Phi) is 8.44. The molecule has 0 fully saturated rings. The summed E-state index contributed by atoms with van der Waals surface area (Å²) in [5.74, 6) is -1.47. The molecule has 0 N–H and O–H groups in total. The van der Waals surface area contributed by atoms with E-state index in [1.165, 1.54) is 7.11 Å². The number of methoxy groups -OCH3 is 1. The molecular formula is C31H26O9. The minimum absolute atomic E-state index is 0.0118. The quantitative estimate of drug-likeness (QED) is 0.149. The van der Waals surface area contributed by atoms with Crippen LogP contribution in [0.1, 0.15) is 40.7 Å². The Morgan fingerprint density at radius 1 is 0.825 bits per heavy atom. The monoisotopic (exact) mass is 542 g/mol. The van der Waals surface area contributed by atoms with Crippen molar-refractivity contribution in [3.63, 3.8) is 0 Å². The van der Waals surface area contributed by atoms with Gasteiger partial charge in [-0.25, -0.2) is 14.4 Å². The summed E-state index contributed by atoms with van der Waals surface area (Å²) in [6.45, 7) is 8.61. The summed E-state index contributed by atoms with van der Waals surface area (Å²) in [6.07, 6.45) is 0.765. The SMILES string of the molecule is C=COC(=O)COc1ccc(OC(=O)c2ccc3c(c2)C(C)c2cc(OC(=O)C(=C)CC(=O)OC)ccc2-3)cc1. The number of benzene rings is 3. The molecule has 9 nitrogen and oxygen atoms in total. The van der Waals surface area contributed by atoms with E-state index in [1.807, 2.05) is 19.1 Å². The van der Waals surface area contributed by atoms with Gasteiger partial charge in [0, 0.05) is 11.5 Å². The third-order valence-electron chi connectivity index (χ3n) is 6.22. The number of hydrogen-bond acceptors (Lipinski definition) is 9. The molecule has 9 heteroatoms. The van der Waals surface area contributed by atoms with Crippen molar-refractivity contribution in [3.8, 4) is 28.4 Å². The van der Waals surface area contributed by atoms with Crippen LogP contribution in [0.25, 0.3) is 11.1 Å². The smallest absolute Gasteiger partial charge is 0.348 e. The minimum Gasteiger partial charge on any atom is -0.482 e. The minimum atomic E-state index is -0.714. The Hall–Kier alpha value is -5.18. The molecule has 0 aromatic heterocycles. The Morgan fingerprint density at radius 3 is 2.12 bits per heavy atom. The second-order valence-corrected chi connectivity index (χ2v) is 8.82. The van der Waals surface area contributed by atoms with Crippen LogP contribution in [0.4, 0.5) is 0 Å². The fourth-order valence-electron chi connectivity index (χ4n) is 4.21. The standard InChI is InChI=1S/C31H26O9/c1-5-37-29(33)17-38-21-7-9-22(10-8-21)39-31(35)20-6-12-24-25-13-11-23(16-27(25)19(3)26(24)15-20)40-30(34)18(2)14-28(32)36-4/h5-13,15-16,19H,1-2,14,17H2,3-4H3. The normalized spacial score (nSPS) is 12.8. The number of carbonyl (C=O) groups is 4. The number of fused-ring (bicyclic) bond motifs is 3. The van der Waals surface area contributed by atoms with Crippen molar-refractivity contribution in [3.05, 3.63) is 102 Å². The van der Waals surface area contributed by atoms with Crippen molar-refractivity contribution in [2.45, 2.75) is 19.3 Å². The molecule has 0 aliphatic heterocycles. The molecule has 1 atom stereocenters. The molecule has 3 aromatic rings. The molecule has 3 aromatic carbocycles. The fraction of sp³-hybridized carbons (Fsp3) is 0.161. The van der Waals surface area contributed by atoms with E-state index >= 15 is 0 Å². The van der Waals surface area contributed by atoms with Crippen LogP contribution in [-0.4, -0.2) is 37.6 Å². The Labute approximate surface area is 230 Å². The lowest BCUT2D eigenvalue weighted by Crippen LogP contribution is -2.14. The molecule has 0 saturated carbocycles. The number of hydrogen-bond donors (Lipinski definition) is 0. The molecule has 40 heavy (non-hydrogen) atoms. The molecule has 1 aliphatic carbocycles. The van der Waals surface area contributed by atoms with Gasteiger partial charge in [-0.1, -0.05) is 32.2 Å². The van der Waals surface area contributed by atoms with Crippen LogP contribution < -0.4 is 14.2 Å². The maximum absolute atomic E-state index is 12.9. The van der Waals surface area contributed by atoms with Crippen molar-refractivity contribution in [2.75, 3.05) is 13.7 Å². The largest absolute Gasteiger partial charge is 0.482 e. The highest BCUT2D eigenvalue weighted by Gasteiger charge is 2.28. The van der Waals surface area contributed by atoms with Crippen LogP contribution in [0.3, 0.4) is 0 Å². The second kappa shape index (κ2) is 12.1. The number of ether oxygens (including phenoxy) is 5. The highest BCUT2D eigenvalue weighted by Crippen LogP contribution is 2.46. The van der Waals surface area contributed by atoms with Gasteiger partial charge in [-0.15, -0.1) is 0 Å². The molecule has 1 aliphatic rings. The van der Waals surface area contributed by atoms with Crippen LogP contribution in [-0.2, 0) is 23.9 Å². The summed E-state index contributed by atoms with van der Waals surface area (Å²) in [7, 11) is 1.23. The number of carbonyl (C=O) groups excluding carboxylic acids is 4. The number of rotatable bonds is 10. The Balaban J connectivity index is 1.42. The lowest BCUT2D eigenvalue weighted by atomic mass is 9.98. The van der Waals surface area contributed by atoms with Crippen LogP contribution in [0.5, 0.6) is 17.2 Å². The highest BCUT2D eigenvalue weighted by atomic mass is 16.6. The van der Waals surface area contributed by atoms with Crippen molar-refractivity contribution in [2.24, 2.45) is 0 Å². The predicted molar refractivity (Wildman–Crippen MR) is 144 cm³/mol. The van der Waals surface area contributed by atoms with Gasteiger partial charge in [0.25, 0.3) is 0 Å². The summed E-state index contributed by atoms with van der Waals surface area (Å²) in [4.78, 5) is 48.0. The van der Waals surface area contributed by atoms with E-state index in [0.29, 0.717) is 22.8 Å². The van der Waals surface area contributed by atoms with Gasteiger partial charge in [0.15, 0.2) is 6.61 Å². The van der Waals surface area contributed by atoms with Gasteiger partial charge < -0.3 is 23.7 Å². The molecule has 204 valence electrons. The molecular weight excluding hydrogens is 516 g/mol. The first-order chi connectivity index (χ1) is 19.2. The average Bonchev–Trinajstić information content (AvgIpc) is 3.23. The summed E-state index contributed by atoms with van der Waals surface area (Å²) >= 11 is 0. The zero-order valence-electron chi connectivity index (χ0n) is 21.9. The molecule has 0 radical (unpaired) electrons. The third-order valence-corrected chi connectivity index (χ3v) is 6.22. The van der Waals surface area contributed by atoms with Crippen LogP contribution in [0.2, 0.25) is 0 Å². The van der Waals surface area contributed by atoms with Gasteiger partial charge in [0.2, 0.25) is 0 Å². The van der Waals surface area contributed by atoms with E-state index < -0.39 is 23.9 Å². The summed E-state index contributed by atoms with van der Waals surface area (Å²) in [5, 5.41) is 0. The molecule has 0 saturated heterocycles. The summed E-state index contributed by atoms with van der Waals surface area (Å²) in [5.41, 5.74) is 4.14. The average molecular weight is 543 g/mol. The van der Waals surface area contributed by atoms with E-state index in [-0.39, 0.29) is 24.5 Å². The van der Waals surface area contributed by atoms with Crippen molar-refractivity contribution in [1.82, 2.24) is 0 Å². The molecule has 0 heterocycles. The lowest BCUT2D eigenvalue weighted by Gasteiger charge is -2.10. The first-order valence-corrected chi connectivity index (χ1v) is 12.2. The Morgan fingerprint density at radius 2 is 1.45 bits per heavy atom. The van der Waals surface area contributed by atoms with Crippen LogP contribution >= 0.6 is 0 Å². The predicted octanol–water partition coefficient (Wildman–Crippen LogP) is 5.13. The van der Waals surface area contributed by atoms with Crippen LogP contribution in [0, 0.1) is 0 Å². The molecule has 1 unspecified atom stereocenters. The topological polar surface area (TPSA) is 114 Å². The molecule has 0 amide bonds.